The van der Waals surface area contributed by atoms with E-state index in [-0.39, 0.29) is 23.7 Å². The zero-order valence-corrected chi connectivity index (χ0v) is 15.2. The Bertz CT molecular complexity index is 734. The molecule has 1 unspecified atom stereocenters. The quantitative estimate of drug-likeness (QED) is 0.840. The molecule has 1 atom stereocenters. The summed E-state index contributed by atoms with van der Waals surface area (Å²) in [4.78, 5) is 26.4. The van der Waals surface area contributed by atoms with Crippen molar-refractivity contribution in [3.05, 3.63) is 53.2 Å². The Kier molecular flexibility index (Phi) is 6.22. The summed E-state index contributed by atoms with van der Waals surface area (Å²) in [7, 11) is 0. The molecule has 5 nitrogen and oxygen atoms in total. The predicted molar refractivity (Wildman–Crippen MR) is 101 cm³/mol. The highest BCUT2D eigenvalue weighted by Gasteiger charge is 2.28. The van der Waals surface area contributed by atoms with E-state index in [2.05, 4.69) is 10.6 Å². The summed E-state index contributed by atoms with van der Waals surface area (Å²) in [5.74, 6) is -0.479. The fourth-order valence-electron chi connectivity index (χ4n) is 3.04. The second-order valence-corrected chi connectivity index (χ2v) is 7.31. The van der Waals surface area contributed by atoms with Crippen LogP contribution in [0.4, 0.5) is 14.2 Å². The molecule has 138 valence electrons. The van der Waals surface area contributed by atoms with Gasteiger partial charge in [0.25, 0.3) is 0 Å². The minimum atomic E-state index is -0.263. The van der Waals surface area contributed by atoms with Gasteiger partial charge < -0.3 is 10.2 Å². The number of rotatable bonds is 5. The molecule has 2 aromatic rings. The number of likely N-dealkylation sites (tertiary alicyclic amines) is 1. The highest BCUT2D eigenvalue weighted by atomic mass is 32.1. The first-order valence-corrected chi connectivity index (χ1v) is 9.61. The van der Waals surface area contributed by atoms with Crippen molar-refractivity contribution in [2.45, 2.75) is 19.3 Å². The van der Waals surface area contributed by atoms with Crippen LogP contribution in [0.2, 0.25) is 0 Å². The second kappa shape index (κ2) is 8.80. The van der Waals surface area contributed by atoms with Crippen LogP contribution in [0.3, 0.4) is 0 Å². The predicted octanol–water partition coefficient (Wildman–Crippen LogP) is 3.49. The summed E-state index contributed by atoms with van der Waals surface area (Å²) in [5.41, 5.74) is 0.979. The highest BCUT2D eigenvalue weighted by Crippen LogP contribution is 2.20. The van der Waals surface area contributed by atoms with Gasteiger partial charge in [-0.2, -0.15) is 0 Å². The van der Waals surface area contributed by atoms with E-state index in [4.69, 9.17) is 0 Å². The minimum Gasteiger partial charge on any atom is -0.355 e. The van der Waals surface area contributed by atoms with E-state index in [0.717, 1.165) is 23.4 Å². The van der Waals surface area contributed by atoms with Crippen molar-refractivity contribution in [2.24, 2.45) is 5.92 Å². The standard InChI is InChI=1S/C19H22FN3O2S/c20-16-7-5-14(6-8-16)9-10-21-18(24)15-3-1-11-23(13-15)19(25)22-17-4-2-12-26-17/h2,4-8,12,15H,1,3,9-11,13H2,(H,21,24)(H,22,25). The van der Waals surface area contributed by atoms with Crippen molar-refractivity contribution in [3.63, 3.8) is 0 Å². The maximum absolute atomic E-state index is 12.9. The van der Waals surface area contributed by atoms with E-state index in [0.29, 0.717) is 26.1 Å². The second-order valence-electron chi connectivity index (χ2n) is 6.36. The van der Waals surface area contributed by atoms with E-state index in [1.54, 1.807) is 17.0 Å². The zero-order chi connectivity index (χ0) is 18.4. The maximum atomic E-state index is 12.9. The third-order valence-electron chi connectivity index (χ3n) is 4.46. The maximum Gasteiger partial charge on any atom is 0.322 e. The van der Waals surface area contributed by atoms with Crippen molar-refractivity contribution in [1.82, 2.24) is 10.2 Å². The normalized spacial score (nSPS) is 17.0. The van der Waals surface area contributed by atoms with E-state index in [1.165, 1.54) is 23.5 Å². The molecule has 0 bridgehead atoms. The summed E-state index contributed by atoms with van der Waals surface area (Å²) in [6, 6.07) is 9.86. The summed E-state index contributed by atoms with van der Waals surface area (Å²) in [5, 5.41) is 8.51. The van der Waals surface area contributed by atoms with E-state index < -0.39 is 0 Å². The fraction of sp³-hybridized carbons (Fsp3) is 0.368. The molecule has 0 aliphatic carbocycles. The number of urea groups is 1. The lowest BCUT2D eigenvalue weighted by Crippen LogP contribution is -2.47. The Morgan fingerprint density at radius 2 is 2.04 bits per heavy atom. The Morgan fingerprint density at radius 1 is 1.23 bits per heavy atom. The monoisotopic (exact) mass is 375 g/mol. The number of nitrogens with zero attached hydrogens (tertiary/aromatic N) is 1. The summed E-state index contributed by atoms with van der Waals surface area (Å²) >= 11 is 1.47. The van der Waals surface area contributed by atoms with E-state index in [9.17, 15) is 14.0 Å². The fourth-order valence-corrected chi connectivity index (χ4v) is 3.64. The number of halogens is 1. The number of nitrogens with one attached hydrogen (secondary N) is 2. The van der Waals surface area contributed by atoms with Crippen LogP contribution in [-0.2, 0) is 11.2 Å². The van der Waals surface area contributed by atoms with Gasteiger partial charge in [-0.05, 0) is 54.5 Å². The van der Waals surface area contributed by atoms with Crippen molar-refractivity contribution in [2.75, 3.05) is 25.0 Å². The average Bonchev–Trinajstić information content (AvgIpc) is 3.16. The first kappa shape index (κ1) is 18.4. The number of hydrogen-bond donors (Lipinski definition) is 2. The minimum absolute atomic E-state index is 0.0271. The van der Waals surface area contributed by atoms with Gasteiger partial charge in [0.2, 0.25) is 5.91 Å². The van der Waals surface area contributed by atoms with Crippen LogP contribution >= 0.6 is 11.3 Å². The summed E-state index contributed by atoms with van der Waals surface area (Å²) < 4.78 is 12.9. The molecular weight excluding hydrogens is 353 g/mol. The smallest absolute Gasteiger partial charge is 0.322 e. The molecular formula is C19H22FN3O2S. The van der Waals surface area contributed by atoms with Gasteiger partial charge in [-0.25, -0.2) is 9.18 Å². The molecule has 7 heteroatoms. The van der Waals surface area contributed by atoms with Crippen LogP contribution in [0.5, 0.6) is 0 Å². The Morgan fingerprint density at radius 3 is 2.77 bits per heavy atom. The molecule has 1 fully saturated rings. The molecule has 0 spiro atoms. The van der Waals surface area contributed by atoms with Crippen molar-refractivity contribution in [1.29, 1.82) is 0 Å². The lowest BCUT2D eigenvalue weighted by Gasteiger charge is -2.31. The Hall–Kier alpha value is -2.41. The number of piperidine rings is 1. The first-order valence-electron chi connectivity index (χ1n) is 8.73. The van der Waals surface area contributed by atoms with Crippen LogP contribution < -0.4 is 10.6 Å². The van der Waals surface area contributed by atoms with Crippen LogP contribution in [0.15, 0.2) is 41.8 Å². The molecule has 1 aliphatic rings. The van der Waals surface area contributed by atoms with E-state index >= 15 is 0 Å². The van der Waals surface area contributed by atoms with E-state index in [1.807, 2.05) is 17.5 Å². The molecule has 1 aromatic heterocycles. The molecule has 26 heavy (non-hydrogen) atoms. The van der Waals surface area contributed by atoms with Gasteiger partial charge in [-0.1, -0.05) is 12.1 Å². The van der Waals surface area contributed by atoms with Crippen molar-refractivity contribution < 1.29 is 14.0 Å². The number of anilines is 1. The van der Waals surface area contributed by atoms with Crippen molar-refractivity contribution in [3.8, 4) is 0 Å². The number of carbonyl (C=O) groups is 2. The molecule has 2 N–H and O–H groups in total. The topological polar surface area (TPSA) is 61.4 Å². The summed E-state index contributed by atoms with van der Waals surface area (Å²) in [6.07, 6.45) is 2.25. The molecule has 0 saturated carbocycles. The lowest BCUT2D eigenvalue weighted by atomic mass is 9.97. The Labute approximate surface area is 156 Å². The number of hydrogen-bond acceptors (Lipinski definition) is 3. The van der Waals surface area contributed by atoms with Crippen LogP contribution in [0.25, 0.3) is 0 Å². The number of thiophene rings is 1. The van der Waals surface area contributed by atoms with Gasteiger partial charge in [-0.15, -0.1) is 11.3 Å². The van der Waals surface area contributed by atoms with Crippen LogP contribution in [0, 0.1) is 11.7 Å². The number of amides is 3. The zero-order valence-electron chi connectivity index (χ0n) is 14.4. The number of carbonyl (C=O) groups excluding carboxylic acids is 2. The SMILES string of the molecule is O=C(NCCc1ccc(F)cc1)C1CCCN(C(=O)Nc2cccs2)C1. The van der Waals surface area contributed by atoms with Gasteiger partial charge >= 0.3 is 6.03 Å². The first-order chi connectivity index (χ1) is 12.6. The van der Waals surface area contributed by atoms with Gasteiger partial charge in [0.05, 0.1) is 10.9 Å². The summed E-state index contributed by atoms with van der Waals surface area (Å²) in [6.45, 7) is 1.60. The third kappa shape index (κ3) is 5.05. The number of benzene rings is 1. The average molecular weight is 375 g/mol. The largest absolute Gasteiger partial charge is 0.355 e. The van der Waals surface area contributed by atoms with Gasteiger partial charge in [-0.3, -0.25) is 10.1 Å². The molecule has 1 aromatic carbocycles. The van der Waals surface area contributed by atoms with Gasteiger partial charge in [0.1, 0.15) is 5.82 Å². The van der Waals surface area contributed by atoms with Crippen LogP contribution in [-0.4, -0.2) is 36.5 Å². The molecule has 0 radical (unpaired) electrons. The molecule has 1 aliphatic heterocycles. The molecule has 3 amide bonds. The third-order valence-corrected chi connectivity index (χ3v) is 5.24. The van der Waals surface area contributed by atoms with Crippen molar-refractivity contribution >= 4 is 28.3 Å². The molecule has 1 saturated heterocycles. The van der Waals surface area contributed by atoms with Gasteiger partial charge in [0.15, 0.2) is 0 Å². The molecule has 3 rings (SSSR count). The highest BCUT2D eigenvalue weighted by molar-refractivity contribution is 7.14. The van der Waals surface area contributed by atoms with Gasteiger partial charge in [0, 0.05) is 19.6 Å². The van der Waals surface area contributed by atoms with Crippen LogP contribution in [0.1, 0.15) is 18.4 Å². The Balaban J connectivity index is 1.45. The molecule has 2 heterocycles. The lowest BCUT2D eigenvalue weighted by molar-refractivity contribution is -0.126.